The minimum atomic E-state index is -0.754. The monoisotopic (exact) mass is 916 g/mol. The van der Waals surface area contributed by atoms with Gasteiger partial charge < -0.3 is 55.2 Å². The number of carbonyl (C=O) groups excluding carboxylic acids is 6. The van der Waals surface area contributed by atoms with E-state index in [1.165, 1.54) is 0 Å². The number of fused-ring (bicyclic) bond motifs is 5. The number of alkyl carbamates (subject to hydrolysis) is 1. The summed E-state index contributed by atoms with van der Waals surface area (Å²) >= 11 is 0. The average molecular weight is 917 g/mol. The molecule has 0 saturated heterocycles. The van der Waals surface area contributed by atoms with Crippen molar-refractivity contribution in [2.75, 3.05) is 97.1 Å². The van der Waals surface area contributed by atoms with Crippen molar-refractivity contribution >= 4 is 41.3 Å². The Hall–Kier alpha value is -7.10. The number of rotatable bonds is 26. The maximum Gasteiger partial charge on any atom is 0.407 e. The molecule has 0 saturated carbocycles. The Labute approximate surface area is 389 Å². The molecule has 2 aliphatic rings. The van der Waals surface area contributed by atoms with E-state index in [0.717, 1.165) is 44.6 Å². The van der Waals surface area contributed by atoms with Crippen molar-refractivity contribution in [3.8, 4) is 23.0 Å². The number of amides is 6. The predicted octanol–water partition coefficient (Wildman–Crippen LogP) is 2.78. The van der Waals surface area contributed by atoms with Gasteiger partial charge in [-0.05, 0) is 46.0 Å². The Bertz CT molecular complexity index is 2350. The third-order valence-corrected chi connectivity index (χ3v) is 10.6. The van der Waals surface area contributed by atoms with Crippen molar-refractivity contribution in [1.82, 2.24) is 26.6 Å². The molecule has 352 valence electrons. The van der Waals surface area contributed by atoms with E-state index in [1.54, 1.807) is 4.90 Å². The van der Waals surface area contributed by atoms with Crippen LogP contribution in [-0.2, 0) is 54.2 Å². The fourth-order valence-corrected chi connectivity index (χ4v) is 7.29. The molecule has 17 nitrogen and oxygen atoms in total. The Balaban J connectivity index is 0.684. The molecule has 0 spiro atoms. The Kier molecular flexibility index (Phi) is 19.7. The van der Waals surface area contributed by atoms with E-state index in [4.69, 9.17) is 23.7 Å². The molecule has 0 atom stereocenters. The third kappa shape index (κ3) is 15.8. The lowest BCUT2D eigenvalue weighted by atomic mass is 9.98. The van der Waals surface area contributed by atoms with Crippen LogP contribution in [0.2, 0.25) is 0 Å². The van der Waals surface area contributed by atoms with Gasteiger partial charge in [-0.1, -0.05) is 90.7 Å². The number of hydrogen-bond donors (Lipinski definition) is 5. The summed E-state index contributed by atoms with van der Waals surface area (Å²) in [5.74, 6) is 4.28. The van der Waals surface area contributed by atoms with Crippen LogP contribution >= 0.6 is 0 Å². The van der Waals surface area contributed by atoms with Crippen LogP contribution in [0.25, 0.3) is 11.1 Å². The second-order valence-corrected chi connectivity index (χ2v) is 15.3. The molecule has 0 radical (unpaired) electrons. The summed E-state index contributed by atoms with van der Waals surface area (Å²) in [6, 6.07) is 31.2. The Morgan fingerprint density at radius 1 is 0.507 bits per heavy atom. The smallest absolute Gasteiger partial charge is 0.407 e. The highest BCUT2D eigenvalue weighted by Crippen LogP contribution is 2.44. The fraction of sp³-hybridized carbons (Fsp3) is 0.360. The van der Waals surface area contributed by atoms with Gasteiger partial charge in [0.1, 0.15) is 13.2 Å². The molecule has 0 bridgehead atoms. The zero-order valence-corrected chi connectivity index (χ0v) is 37.3. The highest BCUT2D eigenvalue weighted by atomic mass is 16.6. The maximum atomic E-state index is 13.3. The molecule has 0 aromatic heterocycles. The summed E-state index contributed by atoms with van der Waals surface area (Å²) in [7, 11) is 0. The van der Waals surface area contributed by atoms with Crippen molar-refractivity contribution < 1.29 is 52.5 Å². The molecule has 5 N–H and O–H groups in total. The molecule has 6 rings (SSSR count). The van der Waals surface area contributed by atoms with Gasteiger partial charge in [-0.2, -0.15) is 0 Å². The number of benzene rings is 4. The molecule has 67 heavy (non-hydrogen) atoms. The standard InChI is InChI=1S/C50H56N6O11/c57-45(19-20-49(61)56-34-38-11-2-1-9-36(38)17-18-37-10-3-8-16-44(37)56)51-21-23-63-25-27-65-29-30-66-28-26-64-24-22-52-46(58)31-53-47(59)32-54-48(60)33-55-50(62)67-35-43-41-14-6-4-12-39(41)40-13-5-7-15-42(40)43/h1-16,43H,19-35H2,(H,51,57)(H,52,58)(H,53,59)(H,54,60)(H,55,62). The Morgan fingerprint density at radius 2 is 0.985 bits per heavy atom. The van der Waals surface area contributed by atoms with Crippen molar-refractivity contribution in [3.05, 3.63) is 125 Å². The number of nitrogens with zero attached hydrogens (tertiary/aromatic N) is 1. The first-order valence-electron chi connectivity index (χ1n) is 22.2. The van der Waals surface area contributed by atoms with Crippen molar-refractivity contribution in [2.24, 2.45) is 0 Å². The second-order valence-electron chi connectivity index (χ2n) is 15.3. The van der Waals surface area contributed by atoms with Gasteiger partial charge in [-0.15, -0.1) is 0 Å². The SMILES string of the molecule is O=C(CCC(=O)N1Cc2ccccc2C#Cc2ccccc21)NCCOCCOCCOCCOCCNC(=O)CNC(=O)CNC(=O)CNC(=O)OCC1c2ccccc2-c2ccccc21. The van der Waals surface area contributed by atoms with Crippen LogP contribution in [-0.4, -0.2) is 128 Å². The molecule has 4 aromatic carbocycles. The van der Waals surface area contributed by atoms with E-state index in [2.05, 4.69) is 38.4 Å². The van der Waals surface area contributed by atoms with Crippen LogP contribution < -0.4 is 31.5 Å². The summed E-state index contributed by atoms with van der Waals surface area (Å²) in [5.41, 5.74) is 7.68. The molecule has 17 heteroatoms. The van der Waals surface area contributed by atoms with Crippen LogP contribution in [0.15, 0.2) is 97.1 Å². The van der Waals surface area contributed by atoms with Gasteiger partial charge in [0, 0.05) is 43.0 Å². The lowest BCUT2D eigenvalue weighted by molar-refractivity contribution is -0.127. The average Bonchev–Trinajstić information content (AvgIpc) is 3.66. The van der Waals surface area contributed by atoms with E-state index in [1.807, 2.05) is 97.1 Å². The van der Waals surface area contributed by atoms with Crippen LogP contribution in [0.5, 0.6) is 0 Å². The van der Waals surface area contributed by atoms with E-state index in [0.29, 0.717) is 59.3 Å². The minimum absolute atomic E-state index is 0.0552. The normalized spacial score (nSPS) is 12.1. The molecule has 6 amide bonds. The number of nitrogens with one attached hydrogen (secondary N) is 5. The van der Waals surface area contributed by atoms with E-state index in [-0.39, 0.29) is 70.0 Å². The van der Waals surface area contributed by atoms with Crippen LogP contribution in [0.4, 0.5) is 10.5 Å². The first-order valence-corrected chi connectivity index (χ1v) is 22.2. The first kappa shape index (κ1) is 49.3. The summed E-state index contributed by atoms with van der Waals surface area (Å²) in [5, 5.41) is 12.6. The van der Waals surface area contributed by atoms with Gasteiger partial charge in [0.25, 0.3) is 0 Å². The molecule has 0 fully saturated rings. The van der Waals surface area contributed by atoms with Crippen molar-refractivity contribution in [1.29, 1.82) is 0 Å². The molecular formula is C50H56N6O11. The summed E-state index contributed by atoms with van der Waals surface area (Å²) in [6.45, 7) is 2.54. The Morgan fingerprint density at radius 3 is 1.61 bits per heavy atom. The van der Waals surface area contributed by atoms with Crippen molar-refractivity contribution in [2.45, 2.75) is 25.3 Å². The predicted molar refractivity (Wildman–Crippen MR) is 248 cm³/mol. The summed E-state index contributed by atoms with van der Waals surface area (Å²) in [6.07, 6.45) is -0.639. The van der Waals surface area contributed by atoms with Gasteiger partial charge in [-0.3, -0.25) is 24.0 Å². The molecule has 1 aliphatic heterocycles. The van der Waals surface area contributed by atoms with E-state index in [9.17, 15) is 28.8 Å². The summed E-state index contributed by atoms with van der Waals surface area (Å²) < 4.78 is 27.4. The number of para-hydroxylation sites is 1. The number of hydrogen-bond acceptors (Lipinski definition) is 11. The lowest BCUT2D eigenvalue weighted by Gasteiger charge is -2.26. The highest BCUT2D eigenvalue weighted by Gasteiger charge is 2.29. The van der Waals surface area contributed by atoms with Crippen LogP contribution in [0.3, 0.4) is 0 Å². The van der Waals surface area contributed by atoms with E-state index < -0.39 is 23.8 Å². The topological polar surface area (TPSA) is 212 Å². The zero-order valence-electron chi connectivity index (χ0n) is 37.3. The largest absolute Gasteiger partial charge is 0.449 e. The van der Waals surface area contributed by atoms with Gasteiger partial charge >= 0.3 is 6.09 Å². The number of carbonyl (C=O) groups is 6. The molecule has 4 aromatic rings. The van der Waals surface area contributed by atoms with Gasteiger partial charge in [0.2, 0.25) is 29.5 Å². The van der Waals surface area contributed by atoms with Crippen molar-refractivity contribution in [3.63, 3.8) is 0 Å². The number of anilines is 1. The molecule has 1 aliphatic carbocycles. The van der Waals surface area contributed by atoms with E-state index >= 15 is 0 Å². The van der Waals surface area contributed by atoms with Gasteiger partial charge in [0.05, 0.1) is 78.2 Å². The van der Waals surface area contributed by atoms with Crippen LogP contribution in [0.1, 0.15) is 46.6 Å². The quantitative estimate of drug-likeness (QED) is 0.0457. The van der Waals surface area contributed by atoms with Gasteiger partial charge in [0.15, 0.2) is 0 Å². The molecular weight excluding hydrogens is 861 g/mol. The van der Waals surface area contributed by atoms with Gasteiger partial charge in [-0.25, -0.2) is 4.79 Å². The molecule has 0 unspecified atom stereocenters. The highest BCUT2D eigenvalue weighted by molar-refractivity contribution is 5.97. The second kappa shape index (κ2) is 26.8. The zero-order chi connectivity index (χ0) is 47.1. The molecule has 1 heterocycles. The third-order valence-electron chi connectivity index (χ3n) is 10.6. The lowest BCUT2D eigenvalue weighted by Crippen LogP contribution is -2.44. The summed E-state index contributed by atoms with van der Waals surface area (Å²) in [4.78, 5) is 76.2. The number of ether oxygens (including phenoxy) is 5. The fourth-order valence-electron chi connectivity index (χ4n) is 7.29. The van der Waals surface area contributed by atoms with Crippen LogP contribution in [0, 0.1) is 11.8 Å². The maximum absolute atomic E-state index is 13.3. The minimum Gasteiger partial charge on any atom is -0.449 e. The first-order chi connectivity index (χ1) is 32.8.